The van der Waals surface area contributed by atoms with Crippen LogP contribution in [0.4, 0.5) is 0 Å². The Morgan fingerprint density at radius 1 is 1.14 bits per heavy atom. The van der Waals surface area contributed by atoms with Gasteiger partial charge in [-0.15, -0.1) is 0 Å². The van der Waals surface area contributed by atoms with E-state index in [0.717, 1.165) is 11.8 Å². The van der Waals surface area contributed by atoms with Crippen molar-refractivity contribution >= 4 is 0 Å². The second kappa shape index (κ2) is 1.10. The Morgan fingerprint density at radius 3 is 2.00 bits per heavy atom. The van der Waals surface area contributed by atoms with E-state index in [4.69, 9.17) is 0 Å². The van der Waals surface area contributed by atoms with Crippen LogP contribution in [0.15, 0.2) is 12.2 Å². The van der Waals surface area contributed by atoms with E-state index in [9.17, 15) is 0 Å². The molecule has 1 saturated heterocycles. The Balaban J connectivity index is 2.17. The van der Waals surface area contributed by atoms with Gasteiger partial charge in [-0.2, -0.15) is 0 Å². The van der Waals surface area contributed by atoms with Crippen molar-refractivity contribution in [3.05, 3.63) is 12.2 Å². The van der Waals surface area contributed by atoms with E-state index in [-0.39, 0.29) is 0 Å². The van der Waals surface area contributed by atoms with Crippen LogP contribution < -0.4 is 5.32 Å². The van der Waals surface area contributed by atoms with E-state index in [2.05, 4.69) is 17.5 Å². The molecule has 0 aromatic heterocycles. The molecule has 38 valence electrons. The zero-order valence-electron chi connectivity index (χ0n) is 4.22. The molecule has 2 aliphatic rings. The molecule has 2 atom stereocenters. The van der Waals surface area contributed by atoms with Crippen LogP contribution in [0.5, 0.6) is 0 Å². The normalized spacial score (nSPS) is 45.7. The SMILES string of the molecule is C1=CC2CNCC12. The van der Waals surface area contributed by atoms with Crippen molar-refractivity contribution in [3.8, 4) is 0 Å². The standard InChI is InChI=1S/C6H9N/c1-2-6-4-7-3-5(1)6/h1-2,5-7H,3-4H2. The van der Waals surface area contributed by atoms with Crippen LogP contribution in [0.2, 0.25) is 0 Å². The topological polar surface area (TPSA) is 12.0 Å². The quantitative estimate of drug-likeness (QED) is 0.429. The van der Waals surface area contributed by atoms with E-state index >= 15 is 0 Å². The summed E-state index contributed by atoms with van der Waals surface area (Å²) >= 11 is 0. The molecule has 2 rings (SSSR count). The minimum absolute atomic E-state index is 0.903. The van der Waals surface area contributed by atoms with Crippen molar-refractivity contribution < 1.29 is 0 Å². The molecule has 1 N–H and O–H groups in total. The summed E-state index contributed by atoms with van der Waals surface area (Å²) in [7, 11) is 0. The Morgan fingerprint density at radius 2 is 1.71 bits per heavy atom. The van der Waals surface area contributed by atoms with Gasteiger partial charge >= 0.3 is 0 Å². The molecule has 1 nitrogen and oxygen atoms in total. The summed E-state index contributed by atoms with van der Waals surface area (Å²) in [6.07, 6.45) is 4.59. The van der Waals surface area contributed by atoms with Gasteiger partial charge in [-0.1, -0.05) is 12.2 Å². The Bertz CT molecular complexity index is 94.7. The maximum Gasteiger partial charge on any atom is 0.00206 e. The average Bonchev–Trinajstić information content (AvgIpc) is 1.85. The predicted octanol–water partition coefficient (Wildman–Crippen LogP) is 0.392. The van der Waals surface area contributed by atoms with Crippen molar-refractivity contribution in [3.63, 3.8) is 0 Å². The first-order valence-corrected chi connectivity index (χ1v) is 2.86. The summed E-state index contributed by atoms with van der Waals surface area (Å²) in [5.74, 6) is 1.81. The van der Waals surface area contributed by atoms with Crippen molar-refractivity contribution in [1.29, 1.82) is 0 Å². The predicted molar refractivity (Wildman–Crippen MR) is 29.0 cm³/mol. The number of fused-ring (bicyclic) bond motifs is 1. The number of nitrogens with one attached hydrogen (secondary N) is 1. The fourth-order valence-corrected chi connectivity index (χ4v) is 1.28. The Hall–Kier alpha value is -0.300. The second-order valence-corrected chi connectivity index (χ2v) is 2.37. The van der Waals surface area contributed by atoms with Gasteiger partial charge in [0.05, 0.1) is 0 Å². The summed E-state index contributed by atoms with van der Waals surface area (Å²) in [4.78, 5) is 0. The highest BCUT2D eigenvalue weighted by Crippen LogP contribution is 2.27. The molecule has 0 aromatic rings. The fraction of sp³-hybridized carbons (Fsp3) is 0.667. The summed E-state index contributed by atoms with van der Waals surface area (Å²) in [6, 6.07) is 0. The Kier molecular flexibility index (Phi) is 0.577. The Labute approximate surface area is 43.4 Å². The maximum absolute atomic E-state index is 3.32. The summed E-state index contributed by atoms with van der Waals surface area (Å²) in [5, 5.41) is 3.32. The van der Waals surface area contributed by atoms with E-state index in [0.29, 0.717) is 0 Å². The van der Waals surface area contributed by atoms with Gasteiger partial charge in [-0.3, -0.25) is 0 Å². The second-order valence-electron chi connectivity index (χ2n) is 2.37. The van der Waals surface area contributed by atoms with Gasteiger partial charge in [0.15, 0.2) is 0 Å². The van der Waals surface area contributed by atoms with Crippen LogP contribution >= 0.6 is 0 Å². The van der Waals surface area contributed by atoms with Gasteiger partial charge in [0, 0.05) is 13.1 Å². The largest absolute Gasteiger partial charge is 0.316 e. The maximum atomic E-state index is 3.32. The van der Waals surface area contributed by atoms with Crippen molar-refractivity contribution in [2.24, 2.45) is 11.8 Å². The third-order valence-electron chi connectivity index (χ3n) is 1.92. The third kappa shape index (κ3) is 0.361. The van der Waals surface area contributed by atoms with Crippen LogP contribution in [0.3, 0.4) is 0 Å². The molecule has 1 heteroatoms. The highest BCUT2D eigenvalue weighted by atomic mass is 14.9. The van der Waals surface area contributed by atoms with Crippen molar-refractivity contribution in [2.75, 3.05) is 13.1 Å². The molecule has 1 fully saturated rings. The van der Waals surface area contributed by atoms with Crippen LogP contribution in [-0.4, -0.2) is 13.1 Å². The first kappa shape index (κ1) is 3.67. The average molecular weight is 95.1 g/mol. The molecule has 0 aromatic carbocycles. The van der Waals surface area contributed by atoms with Crippen molar-refractivity contribution in [1.82, 2.24) is 5.32 Å². The smallest absolute Gasteiger partial charge is 0.00206 e. The van der Waals surface area contributed by atoms with Crippen LogP contribution in [0.1, 0.15) is 0 Å². The molecule has 0 saturated carbocycles. The van der Waals surface area contributed by atoms with E-state index < -0.39 is 0 Å². The molecule has 0 spiro atoms. The van der Waals surface area contributed by atoms with Gasteiger partial charge in [-0.05, 0) is 11.8 Å². The minimum atomic E-state index is 0.903. The van der Waals surface area contributed by atoms with Crippen LogP contribution in [0.25, 0.3) is 0 Å². The molecule has 0 bridgehead atoms. The molecular formula is C6H9N. The highest BCUT2D eigenvalue weighted by Gasteiger charge is 2.27. The lowest BCUT2D eigenvalue weighted by Gasteiger charge is -2.18. The van der Waals surface area contributed by atoms with E-state index in [1.54, 1.807) is 0 Å². The van der Waals surface area contributed by atoms with Crippen LogP contribution in [0, 0.1) is 11.8 Å². The summed E-state index contributed by atoms with van der Waals surface area (Å²) < 4.78 is 0. The molecule has 0 amide bonds. The molecule has 2 unspecified atom stereocenters. The molecule has 1 aliphatic carbocycles. The number of rotatable bonds is 0. The summed E-state index contributed by atoms with van der Waals surface area (Å²) in [6.45, 7) is 2.45. The molecule has 1 heterocycles. The zero-order chi connectivity index (χ0) is 4.69. The van der Waals surface area contributed by atoms with Crippen molar-refractivity contribution in [2.45, 2.75) is 0 Å². The van der Waals surface area contributed by atoms with E-state index in [1.165, 1.54) is 13.1 Å². The molecule has 7 heavy (non-hydrogen) atoms. The zero-order valence-corrected chi connectivity index (χ0v) is 4.22. The molecular weight excluding hydrogens is 86.1 g/mol. The monoisotopic (exact) mass is 95.1 g/mol. The van der Waals surface area contributed by atoms with Gasteiger partial charge in [-0.25, -0.2) is 0 Å². The summed E-state index contributed by atoms with van der Waals surface area (Å²) in [5.41, 5.74) is 0. The minimum Gasteiger partial charge on any atom is -0.316 e. The molecule has 1 aliphatic heterocycles. The number of hydrogen-bond donors (Lipinski definition) is 1. The lowest BCUT2D eigenvalue weighted by Crippen LogP contribution is -2.14. The first-order chi connectivity index (χ1) is 3.47. The van der Waals surface area contributed by atoms with Gasteiger partial charge in [0.2, 0.25) is 0 Å². The highest BCUT2D eigenvalue weighted by molar-refractivity contribution is 5.13. The van der Waals surface area contributed by atoms with Gasteiger partial charge < -0.3 is 5.32 Å². The third-order valence-corrected chi connectivity index (χ3v) is 1.92. The fourth-order valence-electron chi connectivity index (χ4n) is 1.28. The van der Waals surface area contributed by atoms with E-state index in [1.807, 2.05) is 0 Å². The lowest BCUT2D eigenvalue weighted by molar-refractivity contribution is 0.541. The van der Waals surface area contributed by atoms with Gasteiger partial charge in [0.25, 0.3) is 0 Å². The lowest BCUT2D eigenvalue weighted by atomic mass is 9.86. The number of hydrogen-bond acceptors (Lipinski definition) is 1. The molecule has 0 radical (unpaired) electrons. The van der Waals surface area contributed by atoms with Crippen LogP contribution in [-0.2, 0) is 0 Å². The van der Waals surface area contributed by atoms with Gasteiger partial charge in [0.1, 0.15) is 0 Å². The first-order valence-electron chi connectivity index (χ1n) is 2.86.